The second-order valence-electron chi connectivity index (χ2n) is 8.60. The summed E-state index contributed by atoms with van der Waals surface area (Å²) >= 11 is 0. The molecule has 0 radical (unpaired) electrons. The van der Waals surface area contributed by atoms with Gasteiger partial charge in [-0.25, -0.2) is 0 Å². The van der Waals surface area contributed by atoms with Gasteiger partial charge in [-0.1, -0.05) is 24.1 Å². The number of fused-ring (bicyclic) bond motifs is 2. The molecule has 2 aliphatic carbocycles. The zero-order valence-corrected chi connectivity index (χ0v) is 17.9. The van der Waals surface area contributed by atoms with Gasteiger partial charge >= 0.3 is 5.97 Å². The van der Waals surface area contributed by atoms with Crippen LogP contribution in [0, 0.1) is 38.5 Å². The second kappa shape index (κ2) is 9.41. The fourth-order valence-electron chi connectivity index (χ4n) is 4.72. The minimum atomic E-state index is -0.525. The van der Waals surface area contributed by atoms with Crippen LogP contribution >= 0.6 is 0 Å². The van der Waals surface area contributed by atoms with Crippen LogP contribution in [0.2, 0.25) is 0 Å². The number of benzene rings is 1. The van der Waals surface area contributed by atoms with Crippen LogP contribution in [0.15, 0.2) is 12.1 Å². The number of anilines is 1. The third kappa shape index (κ3) is 5.26. The third-order valence-electron chi connectivity index (χ3n) is 6.11. The molecule has 0 heterocycles. The molecule has 7 heteroatoms. The van der Waals surface area contributed by atoms with Crippen molar-refractivity contribution in [3.8, 4) is 0 Å². The topological polar surface area (TPSA) is 102 Å². The van der Waals surface area contributed by atoms with Gasteiger partial charge in [-0.15, -0.1) is 0 Å². The number of ketones is 1. The first kappa shape index (κ1) is 22.0. The number of aryl methyl sites for hydroxylation is 3. The number of rotatable bonds is 6. The fraction of sp³-hybridized carbons (Fsp3) is 0.565. The molecule has 2 bridgehead atoms. The lowest BCUT2D eigenvalue weighted by atomic mass is 9.67. The molecule has 7 nitrogen and oxygen atoms in total. The molecule has 2 N–H and O–H groups in total. The van der Waals surface area contributed by atoms with E-state index in [1.54, 1.807) is 0 Å². The molecule has 0 spiro atoms. The zero-order valence-electron chi connectivity index (χ0n) is 17.9. The molecule has 0 aliphatic heterocycles. The van der Waals surface area contributed by atoms with Crippen molar-refractivity contribution in [3.63, 3.8) is 0 Å². The predicted molar refractivity (Wildman–Crippen MR) is 112 cm³/mol. The molecule has 2 atom stereocenters. The minimum absolute atomic E-state index is 0.0405. The molecule has 1 aromatic rings. The number of hydrogen-bond acceptors (Lipinski definition) is 5. The predicted octanol–water partition coefficient (Wildman–Crippen LogP) is 2.61. The van der Waals surface area contributed by atoms with Crippen LogP contribution in [0.25, 0.3) is 0 Å². The van der Waals surface area contributed by atoms with E-state index in [4.69, 9.17) is 4.74 Å². The van der Waals surface area contributed by atoms with E-state index in [0.717, 1.165) is 41.6 Å². The largest absolute Gasteiger partial charge is 0.455 e. The number of Topliss-reactive ketones (excluding diaryl/α,β-unsaturated/α-hetero) is 1. The number of esters is 1. The Labute approximate surface area is 176 Å². The molecule has 0 aromatic heterocycles. The van der Waals surface area contributed by atoms with Crippen LogP contribution in [0.1, 0.15) is 48.8 Å². The fourth-order valence-corrected chi connectivity index (χ4v) is 4.72. The van der Waals surface area contributed by atoms with Crippen LogP contribution < -0.4 is 10.6 Å². The molecule has 30 heavy (non-hydrogen) atoms. The van der Waals surface area contributed by atoms with Crippen LogP contribution in [0.4, 0.5) is 5.69 Å². The van der Waals surface area contributed by atoms with Gasteiger partial charge in [-0.3, -0.25) is 19.2 Å². The monoisotopic (exact) mass is 414 g/mol. The zero-order chi connectivity index (χ0) is 21.8. The van der Waals surface area contributed by atoms with E-state index in [9.17, 15) is 19.2 Å². The second-order valence-corrected chi connectivity index (χ2v) is 8.60. The number of nitrogens with one attached hydrogen (secondary N) is 2. The molecule has 3 rings (SSSR count). The highest BCUT2D eigenvalue weighted by molar-refractivity contribution is 5.96. The van der Waals surface area contributed by atoms with E-state index in [1.807, 2.05) is 32.9 Å². The summed E-state index contributed by atoms with van der Waals surface area (Å²) in [6.45, 7) is 5.20. The van der Waals surface area contributed by atoms with E-state index in [1.165, 1.54) is 0 Å². The highest BCUT2D eigenvalue weighted by atomic mass is 16.5. The normalized spacial score (nSPS) is 22.9. The molecule has 0 unspecified atom stereocenters. The smallest absolute Gasteiger partial charge is 0.309 e. The van der Waals surface area contributed by atoms with Crippen LogP contribution in [-0.4, -0.2) is 36.7 Å². The van der Waals surface area contributed by atoms with Crippen molar-refractivity contribution in [3.05, 3.63) is 28.8 Å². The average molecular weight is 415 g/mol. The Kier molecular flexibility index (Phi) is 6.90. The van der Waals surface area contributed by atoms with Crippen molar-refractivity contribution in [1.29, 1.82) is 0 Å². The summed E-state index contributed by atoms with van der Waals surface area (Å²) in [5, 5.41) is 5.29. The van der Waals surface area contributed by atoms with E-state index in [2.05, 4.69) is 10.6 Å². The lowest BCUT2D eigenvalue weighted by Gasteiger charge is -2.36. The Morgan fingerprint density at radius 3 is 2.20 bits per heavy atom. The molecule has 2 aliphatic rings. The number of hydrogen-bond donors (Lipinski definition) is 2. The molecular formula is C23H30N2O5. The SMILES string of the molecule is Cc1cc(C)c(NC(=O)CNC(=O)COC(=O)C2C[C@H]3CCC[C@H](C2)C3=O)c(C)c1. The van der Waals surface area contributed by atoms with Gasteiger partial charge in [0.15, 0.2) is 6.61 Å². The minimum Gasteiger partial charge on any atom is -0.455 e. The first-order chi connectivity index (χ1) is 14.2. The number of amides is 2. The van der Waals surface area contributed by atoms with Crippen LogP contribution in [-0.2, 0) is 23.9 Å². The van der Waals surface area contributed by atoms with Gasteiger partial charge in [0.1, 0.15) is 5.78 Å². The summed E-state index contributed by atoms with van der Waals surface area (Å²) in [6, 6.07) is 3.96. The Balaban J connectivity index is 1.41. The molecule has 2 fully saturated rings. The molecule has 162 valence electrons. The lowest BCUT2D eigenvalue weighted by Crippen LogP contribution is -2.40. The van der Waals surface area contributed by atoms with Gasteiger partial charge in [0.25, 0.3) is 5.91 Å². The maximum atomic E-state index is 12.3. The van der Waals surface area contributed by atoms with E-state index < -0.39 is 18.5 Å². The van der Waals surface area contributed by atoms with Crippen molar-refractivity contribution in [2.75, 3.05) is 18.5 Å². The van der Waals surface area contributed by atoms with Gasteiger partial charge < -0.3 is 15.4 Å². The van der Waals surface area contributed by atoms with Gasteiger partial charge in [0.05, 0.1) is 12.5 Å². The first-order valence-corrected chi connectivity index (χ1v) is 10.6. The van der Waals surface area contributed by atoms with Crippen LogP contribution in [0.3, 0.4) is 0 Å². The van der Waals surface area contributed by atoms with Crippen molar-refractivity contribution < 1.29 is 23.9 Å². The molecule has 0 saturated heterocycles. The van der Waals surface area contributed by atoms with Gasteiger partial charge in [-0.05, 0) is 57.6 Å². The maximum Gasteiger partial charge on any atom is 0.309 e. The van der Waals surface area contributed by atoms with E-state index in [-0.39, 0.29) is 36.0 Å². The van der Waals surface area contributed by atoms with E-state index >= 15 is 0 Å². The Hall–Kier alpha value is -2.70. The Bertz CT molecular complexity index is 824. The van der Waals surface area contributed by atoms with Crippen LogP contribution in [0.5, 0.6) is 0 Å². The highest BCUT2D eigenvalue weighted by Gasteiger charge is 2.41. The molecule has 1 aromatic carbocycles. The summed E-state index contributed by atoms with van der Waals surface area (Å²) in [4.78, 5) is 48.6. The Morgan fingerprint density at radius 2 is 1.60 bits per heavy atom. The molecular weight excluding hydrogens is 384 g/mol. The summed E-state index contributed by atoms with van der Waals surface area (Å²) < 4.78 is 5.15. The quantitative estimate of drug-likeness (QED) is 0.697. The summed E-state index contributed by atoms with van der Waals surface area (Å²) in [5.74, 6) is -1.41. The standard InChI is InChI=1S/C23H30N2O5/c1-13-7-14(2)21(15(3)8-13)25-19(26)11-24-20(27)12-30-23(29)18-9-16-5-4-6-17(10-18)22(16)28/h7-8,16-18H,4-6,9-12H2,1-3H3,(H,24,27)(H,25,26)/t16-,17-/m1/s1. The maximum absolute atomic E-state index is 12.3. The number of ether oxygens (including phenoxy) is 1. The summed E-state index contributed by atoms with van der Waals surface area (Å²) in [5.41, 5.74) is 3.77. The first-order valence-electron chi connectivity index (χ1n) is 10.6. The van der Waals surface area contributed by atoms with E-state index in [0.29, 0.717) is 12.8 Å². The van der Waals surface area contributed by atoms with Crippen molar-refractivity contribution in [1.82, 2.24) is 5.32 Å². The highest BCUT2D eigenvalue weighted by Crippen LogP contribution is 2.40. The molecule has 2 saturated carbocycles. The van der Waals surface area contributed by atoms with Crippen molar-refractivity contribution >= 4 is 29.3 Å². The number of carbonyl (C=O) groups is 4. The molecule has 2 amide bonds. The van der Waals surface area contributed by atoms with Crippen molar-refractivity contribution in [2.45, 2.75) is 52.9 Å². The summed E-state index contributed by atoms with van der Waals surface area (Å²) in [7, 11) is 0. The lowest BCUT2D eigenvalue weighted by molar-refractivity contribution is -0.156. The van der Waals surface area contributed by atoms with Gasteiger partial charge in [0.2, 0.25) is 5.91 Å². The van der Waals surface area contributed by atoms with Gasteiger partial charge in [-0.2, -0.15) is 0 Å². The third-order valence-corrected chi connectivity index (χ3v) is 6.11. The van der Waals surface area contributed by atoms with Crippen molar-refractivity contribution in [2.24, 2.45) is 17.8 Å². The Morgan fingerprint density at radius 1 is 1.00 bits per heavy atom. The van der Waals surface area contributed by atoms with Gasteiger partial charge in [0, 0.05) is 17.5 Å². The average Bonchev–Trinajstić information content (AvgIpc) is 2.67. The summed E-state index contributed by atoms with van der Waals surface area (Å²) in [6.07, 6.45) is 3.76. The number of carbonyl (C=O) groups excluding carboxylic acids is 4.